The topological polar surface area (TPSA) is 52.5 Å². The van der Waals surface area contributed by atoms with Gasteiger partial charge in [0.1, 0.15) is 0 Å². The zero-order valence-electron chi connectivity index (χ0n) is 18.0. The molecule has 28 heavy (non-hydrogen) atoms. The van der Waals surface area contributed by atoms with E-state index in [9.17, 15) is 0 Å². The first-order valence-electron chi connectivity index (χ1n) is 10.5. The van der Waals surface area contributed by atoms with E-state index in [1.807, 2.05) is 19.2 Å². The van der Waals surface area contributed by atoms with Crippen LogP contribution in [0.3, 0.4) is 0 Å². The van der Waals surface area contributed by atoms with E-state index in [1.165, 1.54) is 5.56 Å². The Morgan fingerprint density at radius 1 is 1.43 bits per heavy atom. The van der Waals surface area contributed by atoms with Crippen LogP contribution in [0.1, 0.15) is 50.9 Å². The first-order chi connectivity index (χ1) is 13.5. The highest BCUT2D eigenvalue weighted by Gasteiger charge is 2.30. The van der Waals surface area contributed by atoms with Crippen LogP contribution in [0, 0.1) is 6.92 Å². The number of aromatic nitrogens is 1. The van der Waals surface area contributed by atoms with Crippen LogP contribution < -0.4 is 10.6 Å². The van der Waals surface area contributed by atoms with Crippen molar-refractivity contribution in [2.75, 3.05) is 26.2 Å². The first kappa shape index (κ1) is 22.5. The van der Waals surface area contributed by atoms with Crippen LogP contribution in [0.5, 0.6) is 0 Å². The zero-order valence-corrected chi connectivity index (χ0v) is 18.0. The molecule has 2 unspecified atom stereocenters. The third-order valence-electron chi connectivity index (χ3n) is 5.51. The molecule has 5 heteroatoms. The Hall–Kier alpha value is -1.82. The van der Waals surface area contributed by atoms with Crippen LogP contribution in [0.25, 0.3) is 0 Å². The van der Waals surface area contributed by atoms with Crippen LogP contribution in [0.2, 0.25) is 0 Å². The predicted octanol–water partition coefficient (Wildman–Crippen LogP) is 3.64. The second kappa shape index (κ2) is 11.2. The molecule has 1 fully saturated rings. The minimum absolute atomic E-state index is 0.183. The van der Waals surface area contributed by atoms with Gasteiger partial charge in [-0.15, -0.1) is 0 Å². The van der Waals surface area contributed by atoms with Gasteiger partial charge < -0.3 is 10.6 Å². The van der Waals surface area contributed by atoms with Gasteiger partial charge in [-0.05, 0) is 43.9 Å². The fourth-order valence-electron chi connectivity index (χ4n) is 3.96. The quantitative estimate of drug-likeness (QED) is 0.541. The maximum absolute atomic E-state index is 4.75. The number of nitrogens with zero attached hydrogens (tertiary/aromatic N) is 3. The molecule has 0 radical (unpaired) electrons. The first-order valence-corrected chi connectivity index (χ1v) is 10.5. The number of aryl methyl sites for hydroxylation is 1. The predicted molar refractivity (Wildman–Crippen MR) is 120 cm³/mol. The van der Waals surface area contributed by atoms with Crippen molar-refractivity contribution in [3.05, 3.63) is 54.5 Å². The molecular formula is C23H37N5. The maximum atomic E-state index is 4.75. The molecule has 5 nitrogen and oxygen atoms in total. The lowest BCUT2D eigenvalue weighted by atomic mass is 9.96. The van der Waals surface area contributed by atoms with Crippen LogP contribution in [-0.4, -0.2) is 53.9 Å². The van der Waals surface area contributed by atoms with Gasteiger partial charge in [-0.2, -0.15) is 0 Å². The number of hydrogen-bond donors (Lipinski definition) is 2. The van der Waals surface area contributed by atoms with Crippen molar-refractivity contribution in [1.82, 2.24) is 20.5 Å². The van der Waals surface area contributed by atoms with Gasteiger partial charge in [0.15, 0.2) is 0 Å². The Bertz CT molecular complexity index is 677. The molecule has 1 aromatic heterocycles. The average Bonchev–Trinajstić information content (AvgIpc) is 2.64. The minimum atomic E-state index is 0.183. The van der Waals surface area contributed by atoms with Gasteiger partial charge >= 0.3 is 0 Å². The summed E-state index contributed by atoms with van der Waals surface area (Å²) in [4.78, 5) is 11.9. The maximum Gasteiger partial charge on any atom is 0.0604 e. The van der Waals surface area contributed by atoms with E-state index in [0.717, 1.165) is 56.0 Å². The van der Waals surface area contributed by atoms with Crippen LogP contribution >= 0.6 is 0 Å². The van der Waals surface area contributed by atoms with Gasteiger partial charge in [-0.25, -0.2) is 0 Å². The second-order valence-electron chi connectivity index (χ2n) is 7.58. The lowest BCUT2D eigenvalue weighted by molar-refractivity contribution is 0.155. The Morgan fingerprint density at radius 2 is 2.18 bits per heavy atom. The van der Waals surface area contributed by atoms with Gasteiger partial charge in [-0.3, -0.25) is 14.9 Å². The molecule has 154 valence electrons. The SMILES string of the molecule is C=CN=C(C(=C)C)C(CC)N(CCNC1CNC1)C(CC)c1ncccc1C. The van der Waals surface area contributed by atoms with Crippen LogP contribution in [0.4, 0.5) is 0 Å². The van der Waals surface area contributed by atoms with Crippen LogP contribution in [0.15, 0.2) is 48.3 Å². The molecule has 2 atom stereocenters. The molecule has 0 bridgehead atoms. The van der Waals surface area contributed by atoms with Crippen molar-refractivity contribution in [2.24, 2.45) is 4.99 Å². The Balaban J connectivity index is 2.34. The van der Waals surface area contributed by atoms with E-state index in [4.69, 9.17) is 4.98 Å². The molecule has 0 saturated carbocycles. The summed E-state index contributed by atoms with van der Waals surface area (Å²) in [5, 5.41) is 6.99. The fraction of sp³-hybridized carbons (Fsp3) is 0.565. The molecule has 1 aromatic rings. The molecule has 2 N–H and O–H groups in total. The molecule has 0 aliphatic carbocycles. The molecule has 0 amide bonds. The van der Waals surface area contributed by atoms with Crippen molar-refractivity contribution in [2.45, 2.75) is 58.7 Å². The van der Waals surface area contributed by atoms with Crippen molar-refractivity contribution in [3.63, 3.8) is 0 Å². The van der Waals surface area contributed by atoms with E-state index < -0.39 is 0 Å². The standard InChI is InChI=1S/C23H37N5/c1-7-20(22(17(4)5)25-9-3)28(14-13-26-19-15-24-16-19)21(8-2)23-18(6)11-10-12-27-23/h9-12,19-21,24,26H,3-4,7-8,13-16H2,1-2,5-6H3. The summed E-state index contributed by atoms with van der Waals surface area (Å²) in [7, 11) is 0. The number of aliphatic imine (C=N–C) groups is 1. The Labute approximate surface area is 171 Å². The molecule has 1 aliphatic heterocycles. The molecule has 2 heterocycles. The number of hydrogen-bond acceptors (Lipinski definition) is 5. The van der Waals surface area contributed by atoms with Gasteiger partial charge in [0, 0.05) is 44.6 Å². The van der Waals surface area contributed by atoms with E-state index in [1.54, 1.807) is 6.20 Å². The molecule has 2 rings (SSSR count). The van der Waals surface area contributed by atoms with Crippen molar-refractivity contribution in [3.8, 4) is 0 Å². The Kier molecular flexibility index (Phi) is 9.03. The molecule has 1 aliphatic rings. The third-order valence-corrected chi connectivity index (χ3v) is 5.51. The smallest absolute Gasteiger partial charge is 0.0604 e. The lowest BCUT2D eigenvalue weighted by Gasteiger charge is -2.39. The van der Waals surface area contributed by atoms with E-state index >= 15 is 0 Å². The van der Waals surface area contributed by atoms with Gasteiger partial charge in [0.2, 0.25) is 0 Å². The van der Waals surface area contributed by atoms with Gasteiger partial charge in [0.05, 0.1) is 23.5 Å². The summed E-state index contributed by atoms with van der Waals surface area (Å²) in [6.07, 6.45) is 5.50. The summed E-state index contributed by atoms with van der Waals surface area (Å²) < 4.78 is 0. The molecular weight excluding hydrogens is 346 g/mol. The number of rotatable bonds is 12. The zero-order chi connectivity index (χ0) is 20.5. The summed E-state index contributed by atoms with van der Waals surface area (Å²) in [5.74, 6) is 0. The van der Waals surface area contributed by atoms with Crippen molar-refractivity contribution >= 4 is 5.71 Å². The molecule has 0 spiro atoms. The van der Waals surface area contributed by atoms with Crippen LogP contribution in [-0.2, 0) is 0 Å². The fourth-order valence-corrected chi connectivity index (χ4v) is 3.96. The summed E-state index contributed by atoms with van der Waals surface area (Å²) >= 11 is 0. The van der Waals surface area contributed by atoms with Gasteiger partial charge in [-0.1, -0.05) is 33.1 Å². The summed E-state index contributed by atoms with van der Waals surface area (Å²) in [6.45, 7) is 20.7. The van der Waals surface area contributed by atoms with E-state index in [0.29, 0.717) is 6.04 Å². The summed E-state index contributed by atoms with van der Waals surface area (Å²) in [6, 6.07) is 5.17. The monoisotopic (exact) mass is 383 g/mol. The summed E-state index contributed by atoms with van der Waals surface area (Å²) in [5.41, 5.74) is 4.42. The second-order valence-corrected chi connectivity index (χ2v) is 7.58. The highest BCUT2D eigenvalue weighted by Crippen LogP contribution is 2.29. The Morgan fingerprint density at radius 3 is 2.68 bits per heavy atom. The van der Waals surface area contributed by atoms with Crippen molar-refractivity contribution < 1.29 is 0 Å². The minimum Gasteiger partial charge on any atom is -0.314 e. The highest BCUT2D eigenvalue weighted by atomic mass is 15.2. The molecule has 0 aromatic carbocycles. The normalized spacial score (nSPS) is 17.2. The highest BCUT2D eigenvalue weighted by molar-refractivity contribution is 6.03. The van der Waals surface area contributed by atoms with Gasteiger partial charge in [0.25, 0.3) is 0 Å². The lowest BCUT2D eigenvalue weighted by Crippen LogP contribution is -2.57. The number of pyridine rings is 1. The average molecular weight is 384 g/mol. The van der Waals surface area contributed by atoms with E-state index in [-0.39, 0.29) is 12.1 Å². The largest absolute Gasteiger partial charge is 0.314 e. The van der Waals surface area contributed by atoms with E-state index in [2.05, 4.69) is 60.5 Å². The molecule has 1 saturated heterocycles. The van der Waals surface area contributed by atoms with Crippen molar-refractivity contribution in [1.29, 1.82) is 0 Å². The third kappa shape index (κ3) is 5.60. The number of nitrogens with one attached hydrogen (secondary N) is 2.